The summed E-state index contributed by atoms with van der Waals surface area (Å²) < 4.78 is 0.818. The summed E-state index contributed by atoms with van der Waals surface area (Å²) in [5.74, 6) is 0. The van der Waals surface area contributed by atoms with E-state index in [0.29, 0.717) is 6.04 Å². The van der Waals surface area contributed by atoms with E-state index in [4.69, 9.17) is 12.2 Å². The van der Waals surface area contributed by atoms with Crippen molar-refractivity contribution in [1.82, 2.24) is 9.88 Å². The van der Waals surface area contributed by atoms with Gasteiger partial charge in [0.25, 0.3) is 0 Å². The first kappa shape index (κ1) is 10.8. The molecular weight excluding hydrogens is 204 g/mol. The third kappa shape index (κ3) is 2.47. The highest BCUT2D eigenvalue weighted by molar-refractivity contribution is 7.71. The fourth-order valence-corrected chi connectivity index (χ4v) is 2.52. The van der Waals surface area contributed by atoms with Crippen LogP contribution in [0.1, 0.15) is 37.8 Å². The molecule has 15 heavy (non-hydrogen) atoms. The van der Waals surface area contributed by atoms with Crippen LogP contribution in [0.15, 0.2) is 18.3 Å². The molecule has 1 N–H and O–H groups in total. The van der Waals surface area contributed by atoms with Crippen LogP contribution in [0, 0.1) is 4.64 Å². The molecule has 82 valence electrons. The van der Waals surface area contributed by atoms with Crippen LogP contribution < -0.4 is 0 Å². The monoisotopic (exact) mass is 222 g/mol. The van der Waals surface area contributed by atoms with Crippen molar-refractivity contribution in [3.63, 3.8) is 0 Å². The number of hydrogen-bond donors (Lipinski definition) is 1. The zero-order valence-electron chi connectivity index (χ0n) is 9.20. The maximum atomic E-state index is 5.06. The minimum Gasteiger partial charge on any atom is -0.353 e. The van der Waals surface area contributed by atoms with Gasteiger partial charge in [-0.05, 0) is 44.0 Å². The molecule has 1 fully saturated rings. The van der Waals surface area contributed by atoms with E-state index in [1.807, 2.05) is 6.07 Å². The number of aromatic amines is 1. The van der Waals surface area contributed by atoms with E-state index in [-0.39, 0.29) is 0 Å². The smallest absolute Gasteiger partial charge is 0.103 e. The van der Waals surface area contributed by atoms with Gasteiger partial charge in [0.2, 0.25) is 0 Å². The molecular formula is C12H18N2S. The Hall–Kier alpha value is -0.670. The molecule has 0 aliphatic carbocycles. The van der Waals surface area contributed by atoms with Gasteiger partial charge in [-0.1, -0.05) is 25.2 Å². The number of aromatic nitrogens is 1. The highest BCUT2D eigenvalue weighted by atomic mass is 32.1. The lowest BCUT2D eigenvalue weighted by Gasteiger charge is -2.23. The Morgan fingerprint density at radius 2 is 2.40 bits per heavy atom. The van der Waals surface area contributed by atoms with Gasteiger partial charge < -0.3 is 4.98 Å². The van der Waals surface area contributed by atoms with E-state index in [1.54, 1.807) is 0 Å². The quantitative estimate of drug-likeness (QED) is 0.791. The van der Waals surface area contributed by atoms with Gasteiger partial charge in [-0.3, -0.25) is 4.90 Å². The van der Waals surface area contributed by atoms with E-state index < -0.39 is 0 Å². The Kier molecular flexibility index (Phi) is 3.54. The summed E-state index contributed by atoms with van der Waals surface area (Å²) in [5, 5.41) is 0. The standard InChI is InChI=1S/C12H18N2S/c1-2-7-14-8-3-4-11(14)10-5-6-12(15)13-9-10/h5-6,9,11H,2-4,7-8H2,1H3,(H,13,15). The Morgan fingerprint density at radius 1 is 1.53 bits per heavy atom. The Balaban J connectivity index is 2.15. The zero-order chi connectivity index (χ0) is 10.7. The molecule has 2 rings (SSSR count). The molecule has 2 heterocycles. The molecule has 1 aliphatic rings. The van der Waals surface area contributed by atoms with Crippen LogP contribution >= 0.6 is 12.2 Å². The van der Waals surface area contributed by atoms with E-state index in [2.05, 4.69) is 29.1 Å². The Bertz CT molecular complexity index is 352. The van der Waals surface area contributed by atoms with Gasteiger partial charge in [0.15, 0.2) is 0 Å². The normalized spacial score (nSPS) is 22.1. The van der Waals surface area contributed by atoms with Crippen molar-refractivity contribution in [2.75, 3.05) is 13.1 Å². The van der Waals surface area contributed by atoms with Crippen molar-refractivity contribution in [2.24, 2.45) is 0 Å². The minimum absolute atomic E-state index is 0.608. The van der Waals surface area contributed by atoms with Gasteiger partial charge in [0.1, 0.15) is 4.64 Å². The van der Waals surface area contributed by atoms with E-state index in [9.17, 15) is 0 Å². The lowest BCUT2D eigenvalue weighted by atomic mass is 10.1. The number of hydrogen-bond acceptors (Lipinski definition) is 2. The third-order valence-corrected chi connectivity index (χ3v) is 3.32. The number of likely N-dealkylation sites (tertiary alicyclic amines) is 1. The van der Waals surface area contributed by atoms with Gasteiger partial charge >= 0.3 is 0 Å². The Morgan fingerprint density at radius 3 is 3.07 bits per heavy atom. The second kappa shape index (κ2) is 4.90. The summed E-state index contributed by atoms with van der Waals surface area (Å²) >= 11 is 5.06. The largest absolute Gasteiger partial charge is 0.353 e. The summed E-state index contributed by atoms with van der Waals surface area (Å²) in [6.07, 6.45) is 5.91. The lowest BCUT2D eigenvalue weighted by Crippen LogP contribution is -2.23. The number of nitrogens with zero attached hydrogens (tertiary/aromatic N) is 1. The van der Waals surface area contributed by atoms with Gasteiger partial charge in [-0.2, -0.15) is 0 Å². The number of H-pyrrole nitrogens is 1. The van der Waals surface area contributed by atoms with Crippen molar-refractivity contribution in [1.29, 1.82) is 0 Å². The summed E-state index contributed by atoms with van der Waals surface area (Å²) in [5.41, 5.74) is 1.38. The van der Waals surface area contributed by atoms with Crippen molar-refractivity contribution in [3.8, 4) is 0 Å². The van der Waals surface area contributed by atoms with Crippen LogP contribution in [0.4, 0.5) is 0 Å². The van der Waals surface area contributed by atoms with Crippen LogP contribution in [0.2, 0.25) is 0 Å². The van der Waals surface area contributed by atoms with Crippen LogP contribution in [0.25, 0.3) is 0 Å². The molecule has 1 atom stereocenters. The summed E-state index contributed by atoms with van der Waals surface area (Å²) in [7, 11) is 0. The predicted octanol–water partition coefficient (Wildman–Crippen LogP) is 3.29. The number of nitrogens with one attached hydrogen (secondary N) is 1. The minimum atomic E-state index is 0.608. The van der Waals surface area contributed by atoms with Crippen molar-refractivity contribution in [3.05, 3.63) is 28.5 Å². The van der Waals surface area contributed by atoms with Gasteiger partial charge in [0.05, 0.1) is 0 Å². The van der Waals surface area contributed by atoms with Crippen LogP contribution in [-0.4, -0.2) is 23.0 Å². The van der Waals surface area contributed by atoms with Crippen LogP contribution in [0.3, 0.4) is 0 Å². The third-order valence-electron chi connectivity index (χ3n) is 3.07. The average Bonchev–Trinajstić information content (AvgIpc) is 2.68. The topological polar surface area (TPSA) is 19.0 Å². The van der Waals surface area contributed by atoms with Crippen molar-refractivity contribution >= 4 is 12.2 Å². The fourth-order valence-electron chi connectivity index (χ4n) is 2.39. The molecule has 1 unspecified atom stereocenters. The van der Waals surface area contributed by atoms with Gasteiger partial charge in [0, 0.05) is 12.2 Å². The molecule has 0 saturated carbocycles. The molecule has 1 aromatic heterocycles. The molecule has 2 nitrogen and oxygen atoms in total. The Labute approximate surface area is 96.3 Å². The zero-order valence-corrected chi connectivity index (χ0v) is 10.0. The summed E-state index contributed by atoms with van der Waals surface area (Å²) in [6, 6.07) is 4.77. The highest BCUT2D eigenvalue weighted by Crippen LogP contribution is 2.31. The molecule has 0 bridgehead atoms. The van der Waals surface area contributed by atoms with E-state index in [0.717, 1.165) is 4.64 Å². The predicted molar refractivity (Wildman–Crippen MR) is 65.5 cm³/mol. The van der Waals surface area contributed by atoms with Crippen LogP contribution in [0.5, 0.6) is 0 Å². The molecule has 0 radical (unpaired) electrons. The molecule has 3 heteroatoms. The van der Waals surface area contributed by atoms with Gasteiger partial charge in [-0.25, -0.2) is 0 Å². The molecule has 0 aromatic carbocycles. The first-order valence-electron chi connectivity index (χ1n) is 5.74. The second-order valence-corrected chi connectivity index (χ2v) is 4.62. The van der Waals surface area contributed by atoms with Crippen molar-refractivity contribution < 1.29 is 0 Å². The maximum absolute atomic E-state index is 5.06. The molecule has 0 spiro atoms. The SMILES string of the molecule is CCCN1CCCC1c1ccc(=S)[nH]c1. The highest BCUT2D eigenvalue weighted by Gasteiger charge is 2.24. The first-order valence-corrected chi connectivity index (χ1v) is 6.15. The first-order chi connectivity index (χ1) is 7.31. The van der Waals surface area contributed by atoms with E-state index >= 15 is 0 Å². The van der Waals surface area contributed by atoms with Crippen LogP contribution in [-0.2, 0) is 0 Å². The summed E-state index contributed by atoms with van der Waals surface area (Å²) in [6.45, 7) is 4.70. The maximum Gasteiger partial charge on any atom is 0.103 e. The second-order valence-electron chi connectivity index (χ2n) is 4.18. The van der Waals surface area contributed by atoms with E-state index in [1.165, 1.54) is 37.9 Å². The molecule has 0 amide bonds. The number of pyridine rings is 1. The molecule has 1 aromatic rings. The van der Waals surface area contributed by atoms with Gasteiger partial charge in [-0.15, -0.1) is 0 Å². The average molecular weight is 222 g/mol. The van der Waals surface area contributed by atoms with Crippen molar-refractivity contribution in [2.45, 2.75) is 32.2 Å². The molecule has 1 aliphatic heterocycles. The lowest BCUT2D eigenvalue weighted by molar-refractivity contribution is 0.257. The molecule has 1 saturated heterocycles. The number of rotatable bonds is 3. The summed E-state index contributed by atoms with van der Waals surface area (Å²) in [4.78, 5) is 5.70. The fraction of sp³-hybridized carbons (Fsp3) is 0.583.